The van der Waals surface area contributed by atoms with Crippen LogP contribution in [0.15, 0.2) is 36.4 Å². The van der Waals surface area contributed by atoms with Gasteiger partial charge in [-0.1, -0.05) is 69.7 Å². The average Bonchev–Trinajstić information content (AvgIpc) is 2.78. The summed E-state index contributed by atoms with van der Waals surface area (Å²) in [5, 5.41) is 2.59. The summed E-state index contributed by atoms with van der Waals surface area (Å²) in [5.41, 5.74) is 1.47. The van der Waals surface area contributed by atoms with E-state index in [0.717, 1.165) is 17.7 Å². The Morgan fingerprint density at radius 1 is 0.900 bits per heavy atom. The third kappa shape index (κ3) is 5.92. The lowest BCUT2D eigenvalue weighted by atomic mass is 9.84. The number of piperidine rings is 1. The van der Waals surface area contributed by atoms with Crippen molar-refractivity contribution in [3.8, 4) is 5.75 Å². The highest BCUT2D eigenvalue weighted by atomic mass is 35.5. The zero-order chi connectivity index (χ0) is 20.1. The van der Waals surface area contributed by atoms with Gasteiger partial charge in [0.1, 0.15) is 5.75 Å². The van der Waals surface area contributed by atoms with Crippen LogP contribution < -0.4 is 4.74 Å². The van der Waals surface area contributed by atoms with E-state index in [-0.39, 0.29) is 12.4 Å². The molecule has 0 amide bonds. The summed E-state index contributed by atoms with van der Waals surface area (Å²) in [4.78, 5) is 2.83. The van der Waals surface area contributed by atoms with Gasteiger partial charge >= 0.3 is 0 Å². The molecule has 2 aromatic rings. The van der Waals surface area contributed by atoms with Gasteiger partial charge in [-0.15, -0.1) is 12.4 Å². The van der Waals surface area contributed by atoms with Crippen LogP contribution in [0.3, 0.4) is 0 Å². The molecule has 0 N–H and O–H groups in total. The van der Waals surface area contributed by atoms with Crippen LogP contribution in [0.25, 0.3) is 10.8 Å². The lowest BCUT2D eigenvalue weighted by Crippen LogP contribution is -2.41. The van der Waals surface area contributed by atoms with Crippen LogP contribution in [0.1, 0.15) is 82.6 Å². The van der Waals surface area contributed by atoms with E-state index in [1.807, 2.05) is 0 Å². The number of ether oxygens (including phenoxy) is 1. The Morgan fingerprint density at radius 3 is 2.43 bits per heavy atom. The Bertz CT molecular complexity index is 786. The molecular formula is C27H40ClNO. The number of hydrogen-bond acceptors (Lipinski definition) is 2. The van der Waals surface area contributed by atoms with Crippen LogP contribution in [-0.4, -0.2) is 31.1 Å². The van der Waals surface area contributed by atoms with Gasteiger partial charge in [0.05, 0.1) is 7.11 Å². The van der Waals surface area contributed by atoms with Crippen molar-refractivity contribution in [2.24, 2.45) is 5.92 Å². The lowest BCUT2D eigenvalue weighted by molar-refractivity contribution is 0.124. The first kappa shape index (κ1) is 23.4. The van der Waals surface area contributed by atoms with Crippen molar-refractivity contribution in [2.75, 3.05) is 20.2 Å². The van der Waals surface area contributed by atoms with Gasteiger partial charge in [0.25, 0.3) is 0 Å². The molecule has 1 aliphatic heterocycles. The number of methoxy groups -OCH3 is 1. The second-order valence-electron chi connectivity index (χ2n) is 9.60. The third-order valence-corrected chi connectivity index (χ3v) is 7.53. The Kier molecular flexibility index (Phi) is 8.89. The van der Waals surface area contributed by atoms with Gasteiger partial charge in [0.2, 0.25) is 0 Å². The molecule has 0 aromatic heterocycles. The van der Waals surface area contributed by atoms with Crippen molar-refractivity contribution in [1.82, 2.24) is 4.90 Å². The van der Waals surface area contributed by atoms with Gasteiger partial charge < -0.3 is 4.74 Å². The minimum atomic E-state index is 0. The predicted molar refractivity (Wildman–Crippen MR) is 131 cm³/mol. The molecule has 2 aliphatic rings. The minimum Gasteiger partial charge on any atom is -0.497 e. The Labute approximate surface area is 189 Å². The number of rotatable bonds is 7. The van der Waals surface area contributed by atoms with E-state index < -0.39 is 0 Å². The highest BCUT2D eigenvalue weighted by molar-refractivity contribution is 5.85. The average molecular weight is 430 g/mol. The van der Waals surface area contributed by atoms with Gasteiger partial charge in [-0.05, 0) is 72.5 Å². The smallest absolute Gasteiger partial charge is 0.119 e. The predicted octanol–water partition coefficient (Wildman–Crippen LogP) is 7.59. The summed E-state index contributed by atoms with van der Waals surface area (Å²) >= 11 is 0. The van der Waals surface area contributed by atoms with E-state index in [0.29, 0.717) is 5.92 Å². The van der Waals surface area contributed by atoms with Crippen molar-refractivity contribution in [3.63, 3.8) is 0 Å². The molecule has 0 spiro atoms. The summed E-state index contributed by atoms with van der Waals surface area (Å²) < 4.78 is 5.37. The van der Waals surface area contributed by atoms with Gasteiger partial charge in [0, 0.05) is 12.6 Å². The molecule has 2 unspecified atom stereocenters. The fraction of sp³-hybridized carbons (Fsp3) is 0.630. The van der Waals surface area contributed by atoms with Crippen LogP contribution in [-0.2, 0) is 0 Å². The zero-order valence-electron chi connectivity index (χ0n) is 18.9. The van der Waals surface area contributed by atoms with Gasteiger partial charge in [-0.25, -0.2) is 0 Å². The van der Waals surface area contributed by atoms with E-state index in [9.17, 15) is 0 Å². The standard InChI is InChI=1S/C27H39NO.ClH/c1-21(23-12-13-25-19-27(29-2)16-14-24(25)18-23)20-28-17-7-6-10-26(28)15-11-22-8-4-3-5-9-22;/h12-14,16,18-19,21-22,26H,3-11,15,17,20H2,1-2H3;1H. The van der Waals surface area contributed by atoms with Crippen LogP contribution in [0.4, 0.5) is 0 Å². The van der Waals surface area contributed by atoms with Crippen molar-refractivity contribution in [3.05, 3.63) is 42.0 Å². The molecule has 1 saturated heterocycles. The molecule has 1 saturated carbocycles. The minimum absolute atomic E-state index is 0. The molecule has 1 aliphatic carbocycles. The number of hydrogen-bond donors (Lipinski definition) is 0. The molecule has 0 bridgehead atoms. The first-order chi connectivity index (χ1) is 14.2. The van der Waals surface area contributed by atoms with Gasteiger partial charge in [0.15, 0.2) is 0 Å². The van der Waals surface area contributed by atoms with Crippen molar-refractivity contribution in [2.45, 2.75) is 83.1 Å². The molecule has 2 atom stereocenters. The Balaban J connectivity index is 0.00000256. The molecule has 1 heterocycles. The number of fused-ring (bicyclic) bond motifs is 1. The third-order valence-electron chi connectivity index (χ3n) is 7.53. The van der Waals surface area contributed by atoms with Crippen LogP contribution >= 0.6 is 12.4 Å². The second-order valence-corrected chi connectivity index (χ2v) is 9.60. The molecular weight excluding hydrogens is 390 g/mol. The Morgan fingerprint density at radius 2 is 1.63 bits per heavy atom. The maximum atomic E-state index is 5.37. The topological polar surface area (TPSA) is 12.5 Å². The number of nitrogens with zero attached hydrogens (tertiary/aromatic N) is 1. The fourth-order valence-electron chi connectivity index (χ4n) is 5.66. The zero-order valence-corrected chi connectivity index (χ0v) is 19.8. The quantitative estimate of drug-likeness (QED) is 0.449. The normalized spacial score (nSPS) is 21.9. The number of halogens is 1. The van der Waals surface area contributed by atoms with E-state index in [2.05, 4.69) is 48.2 Å². The molecule has 0 radical (unpaired) electrons. The maximum absolute atomic E-state index is 5.37. The molecule has 2 aromatic carbocycles. The SMILES string of the molecule is COc1ccc2cc(C(C)CN3CCCCC3CCC3CCCCC3)ccc2c1.Cl. The molecule has 2 fully saturated rings. The monoisotopic (exact) mass is 429 g/mol. The van der Waals surface area contributed by atoms with Crippen molar-refractivity contribution >= 4 is 23.2 Å². The summed E-state index contributed by atoms with van der Waals surface area (Å²) in [7, 11) is 1.74. The van der Waals surface area contributed by atoms with E-state index in [1.54, 1.807) is 7.11 Å². The number of benzene rings is 2. The summed E-state index contributed by atoms with van der Waals surface area (Å²) in [6.07, 6.45) is 14.5. The molecule has 2 nitrogen and oxygen atoms in total. The summed E-state index contributed by atoms with van der Waals surface area (Å²) in [5.74, 6) is 2.53. The highest BCUT2D eigenvalue weighted by Crippen LogP contribution is 2.32. The number of likely N-dealkylation sites (tertiary alicyclic amines) is 1. The molecule has 166 valence electrons. The van der Waals surface area contributed by atoms with Crippen LogP contribution in [0.5, 0.6) is 5.75 Å². The fourth-order valence-corrected chi connectivity index (χ4v) is 5.66. The summed E-state index contributed by atoms with van der Waals surface area (Å²) in [6, 6.07) is 14.2. The van der Waals surface area contributed by atoms with E-state index in [1.165, 1.54) is 93.6 Å². The molecule has 30 heavy (non-hydrogen) atoms. The van der Waals surface area contributed by atoms with E-state index in [4.69, 9.17) is 4.74 Å². The van der Waals surface area contributed by atoms with Crippen LogP contribution in [0, 0.1) is 5.92 Å². The molecule has 3 heteroatoms. The first-order valence-corrected chi connectivity index (χ1v) is 12.0. The van der Waals surface area contributed by atoms with Crippen LogP contribution in [0.2, 0.25) is 0 Å². The summed E-state index contributed by atoms with van der Waals surface area (Å²) in [6.45, 7) is 4.92. The Hall–Kier alpha value is -1.25. The molecule has 4 rings (SSSR count). The second kappa shape index (κ2) is 11.4. The van der Waals surface area contributed by atoms with Gasteiger partial charge in [-0.3, -0.25) is 4.90 Å². The largest absolute Gasteiger partial charge is 0.497 e. The van der Waals surface area contributed by atoms with Gasteiger partial charge in [-0.2, -0.15) is 0 Å². The van der Waals surface area contributed by atoms with E-state index >= 15 is 0 Å². The van der Waals surface area contributed by atoms with Crippen molar-refractivity contribution < 1.29 is 4.74 Å². The van der Waals surface area contributed by atoms with Crippen molar-refractivity contribution in [1.29, 1.82) is 0 Å². The highest BCUT2D eigenvalue weighted by Gasteiger charge is 2.25. The lowest BCUT2D eigenvalue weighted by Gasteiger charge is -2.38. The maximum Gasteiger partial charge on any atom is 0.119 e. The first-order valence-electron chi connectivity index (χ1n) is 12.0.